The number of pyridine rings is 5. The first-order valence-electron chi connectivity index (χ1n) is 41.3. The first kappa shape index (κ1) is 88.7. The van der Waals surface area contributed by atoms with E-state index in [9.17, 15) is 4.79 Å². The molecule has 0 unspecified atom stereocenters. The van der Waals surface area contributed by atoms with Gasteiger partial charge in [0, 0.05) is 163 Å². The van der Waals surface area contributed by atoms with E-state index in [-0.39, 0.29) is 12.5 Å². The van der Waals surface area contributed by atoms with E-state index in [1.807, 2.05) is 224 Å². The van der Waals surface area contributed by atoms with Crippen LogP contribution in [0.5, 0.6) is 0 Å². The first-order valence-corrected chi connectivity index (χ1v) is 41.3. The van der Waals surface area contributed by atoms with Crippen LogP contribution in [-0.4, -0.2) is 189 Å². The van der Waals surface area contributed by atoms with Gasteiger partial charge in [-0.15, -0.1) is 25.5 Å². The molecule has 0 radical (unpaired) electrons. The zero-order valence-electron chi connectivity index (χ0n) is 70.8. The lowest BCUT2D eigenvalue weighted by molar-refractivity contribution is -0.118. The fraction of sp³-hybridized carbons (Fsp3) is 0.256. The molecule has 15 aromatic rings. The highest BCUT2D eigenvalue weighted by molar-refractivity contribution is 5.72. The standard InChI is InChI=1S/C20H24N6.C18H23N7O.C18H22N6.C17H19N7O.C17H17N7/c1-25(17-10-6-3-7-11-17)19-14-18(12-13-21-19)26-15-22-20(24-26)23-16-8-4-2-5-9-16;26-12-11-19-8-4-9-20-17-13-16(7-10-21-17)25-14-22-18(24-25)23-15-5-2-1-3-6-15;1-14(2)12-23(3)17-11-16(9-10-19-17)24-13-20-18(22-24)21-15-7-5-4-6-8-15;1-13(25)18-9-10-20-16-11-15(7-8-19-16)24-12-21-17(23-24)22-14-5-3-2-4-6-14;1-23(11-5-9-18)16-12-15(8-10-19-16)24-13-20-17(22-24)21-14-6-3-2-4-7-14/h2,4-5,8-9,12-15,17H,3,6-7,10-11H2,1H3,(H,23,24);1-3,5-7,10,13-14,19,26H,4,8-9,11-12H2,(H,20,21)(H,23,24);4-11,13-14H,12H2,1-3H3,(H,21,22);2-8,11-12H,9-10H2,1H3,(H,18,25)(H,19,20)(H,22,23);2-4,6-8,10,12-13H,5,11H2,1H3,(H,21,22). The van der Waals surface area contributed by atoms with Crippen LogP contribution in [0.4, 0.5) is 87.3 Å². The lowest BCUT2D eigenvalue weighted by atomic mass is 9.94. The van der Waals surface area contributed by atoms with E-state index >= 15 is 0 Å². The summed E-state index contributed by atoms with van der Waals surface area (Å²) in [5, 5.41) is 67.9. The summed E-state index contributed by atoms with van der Waals surface area (Å²) in [6.07, 6.45) is 25.1. The monoisotopic (exact) mass is 1680 g/mol. The molecule has 0 spiro atoms. The molecule has 10 N–H and O–H groups in total. The minimum Gasteiger partial charge on any atom is -0.395 e. The molecule has 35 nitrogen and oxygen atoms in total. The Morgan fingerprint density at radius 3 is 1.13 bits per heavy atom. The fourth-order valence-corrected chi connectivity index (χ4v) is 12.7. The van der Waals surface area contributed by atoms with Crippen molar-refractivity contribution in [2.75, 3.05) is 125 Å². The number of anilines is 15. The van der Waals surface area contributed by atoms with Gasteiger partial charge in [0.15, 0.2) is 0 Å². The van der Waals surface area contributed by atoms with Crippen LogP contribution < -0.4 is 62.6 Å². The molecule has 125 heavy (non-hydrogen) atoms. The molecular formula is C90H105N33O2. The number of aliphatic hydroxyl groups excluding tert-OH is 1. The van der Waals surface area contributed by atoms with Crippen LogP contribution in [0.2, 0.25) is 0 Å². The molecule has 16 rings (SSSR count). The topological polar surface area (TPSA) is 397 Å². The number of amides is 1. The van der Waals surface area contributed by atoms with Gasteiger partial charge in [-0.3, -0.25) is 4.79 Å². The van der Waals surface area contributed by atoms with E-state index in [0.29, 0.717) is 80.1 Å². The van der Waals surface area contributed by atoms with Crippen molar-refractivity contribution in [3.05, 3.63) is 275 Å². The highest BCUT2D eigenvalue weighted by atomic mass is 16.3. The van der Waals surface area contributed by atoms with Gasteiger partial charge in [0.05, 0.1) is 47.5 Å². The van der Waals surface area contributed by atoms with Crippen LogP contribution in [0, 0.1) is 17.2 Å². The van der Waals surface area contributed by atoms with E-state index < -0.39 is 0 Å². The molecule has 1 aliphatic rings. The Labute approximate surface area is 726 Å². The van der Waals surface area contributed by atoms with Crippen LogP contribution in [-0.2, 0) is 4.79 Å². The summed E-state index contributed by atoms with van der Waals surface area (Å²) in [4.78, 5) is 60.7. The first-order chi connectivity index (χ1) is 61.2. The molecule has 1 amide bonds. The number of para-hydroxylation sites is 5. The van der Waals surface area contributed by atoms with E-state index in [1.54, 1.807) is 79.8 Å². The summed E-state index contributed by atoms with van der Waals surface area (Å²) in [6, 6.07) is 71.1. The summed E-state index contributed by atoms with van der Waals surface area (Å²) < 4.78 is 8.60. The predicted octanol–water partition coefficient (Wildman–Crippen LogP) is 14.2. The molecule has 35 heteroatoms. The number of benzene rings is 5. The normalized spacial score (nSPS) is 11.4. The van der Waals surface area contributed by atoms with Gasteiger partial charge in [-0.1, -0.05) is 124 Å². The minimum absolute atomic E-state index is 0.0513. The van der Waals surface area contributed by atoms with Crippen LogP contribution in [0.15, 0.2) is 275 Å². The molecule has 1 saturated carbocycles. The molecule has 10 aromatic heterocycles. The molecule has 0 aliphatic heterocycles. The van der Waals surface area contributed by atoms with Crippen LogP contribution in [0.3, 0.4) is 0 Å². The minimum atomic E-state index is -0.0513. The SMILES string of the molecule is CC(=O)NCCNc1cc(-n2cnc(Nc3ccccc3)n2)ccn1.CC(C)CN(C)c1cc(-n2cnc(Nc3ccccc3)n2)ccn1.CN(CCC#N)c1cc(-n2cnc(Nc3ccccc3)n2)ccn1.CN(c1cc(-n2cnc(Nc3ccccc3)n2)ccn1)C1CCCCC1.OCCNCCCNc1cc(-n2cnc(Nc3ccccc3)n2)ccn1. The third-order valence-electron chi connectivity index (χ3n) is 19.0. The van der Waals surface area contributed by atoms with Gasteiger partial charge < -0.3 is 67.7 Å². The molecule has 642 valence electrons. The van der Waals surface area contributed by atoms with Crippen molar-refractivity contribution in [3.8, 4) is 34.5 Å². The van der Waals surface area contributed by atoms with E-state index in [2.05, 4.69) is 173 Å². The lowest BCUT2D eigenvalue weighted by Crippen LogP contribution is -2.33. The Hall–Kier alpha value is -15.6. The number of nitriles is 1. The van der Waals surface area contributed by atoms with E-state index in [4.69, 9.17) is 10.4 Å². The van der Waals surface area contributed by atoms with Crippen molar-refractivity contribution < 1.29 is 9.90 Å². The average Bonchev–Trinajstić information content (AvgIpc) is 1.81. The Morgan fingerprint density at radius 2 is 0.768 bits per heavy atom. The van der Waals surface area contributed by atoms with Crippen molar-refractivity contribution >= 4 is 93.2 Å². The van der Waals surface area contributed by atoms with Gasteiger partial charge in [0.25, 0.3) is 0 Å². The van der Waals surface area contributed by atoms with Crippen molar-refractivity contribution in [1.82, 2.24) is 109 Å². The Bertz CT molecular complexity index is 5700. The summed E-state index contributed by atoms with van der Waals surface area (Å²) >= 11 is 0. The summed E-state index contributed by atoms with van der Waals surface area (Å²) in [5.74, 6) is 7.45. The number of nitrogens with zero attached hydrogens (tertiary/aromatic N) is 24. The second-order valence-corrected chi connectivity index (χ2v) is 29.1. The molecule has 0 bridgehead atoms. The van der Waals surface area contributed by atoms with Gasteiger partial charge in [0.2, 0.25) is 35.6 Å². The lowest BCUT2D eigenvalue weighted by Gasteiger charge is -2.32. The number of carbonyl (C=O) groups is 1. The molecular weight excluding hydrogens is 1580 g/mol. The third-order valence-corrected chi connectivity index (χ3v) is 19.0. The van der Waals surface area contributed by atoms with Crippen molar-refractivity contribution in [2.24, 2.45) is 5.92 Å². The molecule has 0 saturated heterocycles. The molecule has 1 aliphatic carbocycles. The van der Waals surface area contributed by atoms with Crippen molar-refractivity contribution in [1.29, 1.82) is 5.26 Å². The summed E-state index contributed by atoms with van der Waals surface area (Å²) in [7, 11) is 6.11. The van der Waals surface area contributed by atoms with Gasteiger partial charge in [0.1, 0.15) is 60.7 Å². The largest absolute Gasteiger partial charge is 0.395 e. The van der Waals surface area contributed by atoms with Crippen LogP contribution in [0.25, 0.3) is 28.4 Å². The second-order valence-electron chi connectivity index (χ2n) is 29.1. The summed E-state index contributed by atoms with van der Waals surface area (Å²) in [5.41, 5.74) is 9.21. The maximum absolute atomic E-state index is 10.8. The highest BCUT2D eigenvalue weighted by Crippen LogP contribution is 2.28. The van der Waals surface area contributed by atoms with Crippen molar-refractivity contribution in [3.63, 3.8) is 0 Å². The zero-order chi connectivity index (χ0) is 87.0. The number of nitrogens with one attached hydrogen (secondary N) is 9. The van der Waals surface area contributed by atoms with Crippen LogP contribution >= 0.6 is 0 Å². The molecule has 5 aromatic carbocycles. The van der Waals surface area contributed by atoms with Crippen LogP contribution in [0.1, 0.15) is 65.7 Å². The predicted molar refractivity (Wildman–Crippen MR) is 492 cm³/mol. The number of carbonyl (C=O) groups excluding carboxylic acids is 1. The third kappa shape index (κ3) is 28.8. The highest BCUT2D eigenvalue weighted by Gasteiger charge is 2.21. The van der Waals surface area contributed by atoms with Gasteiger partial charge >= 0.3 is 0 Å². The number of hydrogen-bond acceptors (Lipinski definition) is 29. The van der Waals surface area contributed by atoms with Gasteiger partial charge in [-0.05, 0) is 123 Å². The Balaban J connectivity index is 0.000000142. The Morgan fingerprint density at radius 1 is 0.424 bits per heavy atom. The molecule has 1 fully saturated rings. The maximum atomic E-state index is 10.8. The Kier molecular flexibility index (Phi) is 33.7. The van der Waals surface area contributed by atoms with Gasteiger partial charge in [-0.25, -0.2) is 48.3 Å². The smallest absolute Gasteiger partial charge is 0.246 e. The number of hydrogen-bond donors (Lipinski definition) is 10. The number of rotatable bonds is 34. The van der Waals surface area contributed by atoms with E-state index in [1.165, 1.54) is 39.0 Å². The number of aromatic nitrogens is 20. The van der Waals surface area contributed by atoms with Gasteiger partial charge in [-0.2, -0.15) is 30.2 Å². The van der Waals surface area contributed by atoms with Crippen molar-refractivity contribution in [2.45, 2.75) is 71.8 Å². The fourth-order valence-electron chi connectivity index (χ4n) is 12.7. The number of aliphatic hydroxyl groups is 1. The zero-order valence-corrected chi connectivity index (χ0v) is 70.8. The quantitative estimate of drug-likeness (QED) is 0.0167. The average molecular weight is 1680 g/mol. The van der Waals surface area contributed by atoms with E-state index in [0.717, 1.165) is 106 Å². The molecule has 0 atom stereocenters. The molecule has 10 heterocycles. The maximum Gasteiger partial charge on any atom is 0.246 e. The second kappa shape index (κ2) is 47.4. The summed E-state index contributed by atoms with van der Waals surface area (Å²) in [6.45, 7) is 11.0.